The average molecular weight is 362 g/mol. The van der Waals surface area contributed by atoms with Crippen LogP contribution in [0.15, 0.2) is 21.6 Å². The van der Waals surface area contributed by atoms with Crippen LogP contribution in [-0.2, 0) is 10.0 Å². The predicted molar refractivity (Wildman–Crippen MR) is 83.3 cm³/mol. The smallest absolute Gasteiger partial charge is 0.246 e. The summed E-state index contributed by atoms with van der Waals surface area (Å²) in [5.41, 5.74) is 0. The molecule has 5 nitrogen and oxygen atoms in total. The van der Waals surface area contributed by atoms with Crippen molar-refractivity contribution in [2.45, 2.75) is 31.6 Å². The Bertz CT molecular complexity index is 577. The minimum Gasteiger partial charge on any atom is -0.369 e. The molecule has 1 N–H and O–H groups in total. The SMILES string of the molecule is CCNc1ncc(Br)cc1S(=O)(=O)N1CCC(CC)C1. The zero-order valence-electron chi connectivity index (χ0n) is 11.8. The first-order valence-corrected chi connectivity index (χ1v) is 9.11. The summed E-state index contributed by atoms with van der Waals surface area (Å²) in [5, 5.41) is 3.02. The van der Waals surface area contributed by atoms with Crippen molar-refractivity contribution < 1.29 is 8.42 Å². The molecule has 0 amide bonds. The lowest BCUT2D eigenvalue weighted by molar-refractivity contribution is 0.453. The van der Waals surface area contributed by atoms with E-state index in [1.165, 1.54) is 0 Å². The Kier molecular flexibility index (Phi) is 5.04. The second-order valence-electron chi connectivity index (χ2n) is 4.96. The standard InChI is InChI=1S/C13H20BrN3O2S/c1-3-10-5-6-17(9-10)20(18,19)12-7-11(14)8-16-13(12)15-4-2/h7-8,10H,3-6,9H2,1-2H3,(H,15,16). The van der Waals surface area contributed by atoms with Gasteiger partial charge in [0.2, 0.25) is 10.0 Å². The molecule has 0 spiro atoms. The molecule has 20 heavy (non-hydrogen) atoms. The number of aromatic nitrogens is 1. The molecule has 0 saturated carbocycles. The van der Waals surface area contributed by atoms with Crippen molar-refractivity contribution in [3.63, 3.8) is 0 Å². The van der Waals surface area contributed by atoms with E-state index in [-0.39, 0.29) is 4.90 Å². The largest absolute Gasteiger partial charge is 0.369 e. The van der Waals surface area contributed by atoms with Gasteiger partial charge in [0, 0.05) is 30.3 Å². The number of hydrogen-bond acceptors (Lipinski definition) is 4. The van der Waals surface area contributed by atoms with Gasteiger partial charge >= 0.3 is 0 Å². The van der Waals surface area contributed by atoms with E-state index < -0.39 is 10.0 Å². The van der Waals surface area contributed by atoms with E-state index >= 15 is 0 Å². The monoisotopic (exact) mass is 361 g/mol. The zero-order chi connectivity index (χ0) is 14.8. The van der Waals surface area contributed by atoms with Crippen molar-refractivity contribution in [2.75, 3.05) is 25.0 Å². The molecule has 112 valence electrons. The van der Waals surface area contributed by atoms with Crippen LogP contribution in [0.25, 0.3) is 0 Å². The predicted octanol–water partition coefficient (Wildman–Crippen LogP) is 2.70. The summed E-state index contributed by atoms with van der Waals surface area (Å²) in [5.74, 6) is 0.892. The van der Waals surface area contributed by atoms with E-state index in [9.17, 15) is 8.42 Å². The molecule has 7 heteroatoms. The molecule has 1 unspecified atom stereocenters. The fourth-order valence-electron chi connectivity index (χ4n) is 2.41. The molecule has 1 fully saturated rings. The second kappa shape index (κ2) is 6.41. The number of sulfonamides is 1. The molecule has 1 atom stereocenters. The van der Waals surface area contributed by atoms with Gasteiger partial charge in [-0.2, -0.15) is 4.31 Å². The molecule has 1 aliphatic rings. The minimum absolute atomic E-state index is 0.255. The summed E-state index contributed by atoms with van der Waals surface area (Å²) in [6.07, 6.45) is 3.56. The van der Waals surface area contributed by atoms with Gasteiger partial charge in [-0.15, -0.1) is 0 Å². The highest BCUT2D eigenvalue weighted by Crippen LogP contribution is 2.30. The second-order valence-corrected chi connectivity index (χ2v) is 7.78. The lowest BCUT2D eigenvalue weighted by atomic mass is 10.1. The van der Waals surface area contributed by atoms with Crippen LogP contribution in [0.4, 0.5) is 5.82 Å². The van der Waals surface area contributed by atoms with Gasteiger partial charge in [-0.05, 0) is 41.3 Å². The lowest BCUT2D eigenvalue weighted by Crippen LogP contribution is -2.29. The number of nitrogens with one attached hydrogen (secondary N) is 1. The molecule has 0 radical (unpaired) electrons. The molecule has 0 aliphatic carbocycles. The number of nitrogens with zero attached hydrogens (tertiary/aromatic N) is 2. The Labute approximate surface area is 129 Å². The summed E-state index contributed by atoms with van der Waals surface area (Å²) in [6, 6.07) is 1.62. The minimum atomic E-state index is -3.48. The third-order valence-electron chi connectivity index (χ3n) is 3.61. The number of pyridine rings is 1. The Balaban J connectivity index is 2.36. The van der Waals surface area contributed by atoms with Crippen molar-refractivity contribution in [3.05, 3.63) is 16.7 Å². The lowest BCUT2D eigenvalue weighted by Gasteiger charge is -2.18. The van der Waals surface area contributed by atoms with Crippen molar-refractivity contribution in [3.8, 4) is 0 Å². The van der Waals surface area contributed by atoms with Crippen molar-refractivity contribution >= 4 is 31.8 Å². The maximum absolute atomic E-state index is 12.8. The summed E-state index contributed by atoms with van der Waals surface area (Å²) in [6.45, 7) is 5.86. The number of rotatable bonds is 5. The molecule has 2 heterocycles. The Morgan fingerprint density at radius 3 is 2.85 bits per heavy atom. The molecule has 2 rings (SSSR count). The van der Waals surface area contributed by atoms with Crippen LogP contribution < -0.4 is 5.32 Å². The quantitative estimate of drug-likeness (QED) is 0.875. The molecule has 0 bridgehead atoms. The number of halogens is 1. The van der Waals surface area contributed by atoms with Crippen LogP contribution in [-0.4, -0.2) is 37.3 Å². The summed E-state index contributed by atoms with van der Waals surface area (Å²) >= 11 is 3.30. The maximum Gasteiger partial charge on any atom is 0.246 e. The van der Waals surface area contributed by atoms with E-state index in [1.807, 2.05) is 6.92 Å². The molecule has 1 aromatic rings. The van der Waals surface area contributed by atoms with Crippen LogP contribution >= 0.6 is 15.9 Å². The summed E-state index contributed by atoms with van der Waals surface area (Å²) in [4.78, 5) is 4.44. The fourth-order valence-corrected chi connectivity index (χ4v) is 4.56. The molecular formula is C13H20BrN3O2S. The first-order valence-electron chi connectivity index (χ1n) is 6.88. The first kappa shape index (κ1) is 15.7. The zero-order valence-corrected chi connectivity index (χ0v) is 14.2. The van der Waals surface area contributed by atoms with Gasteiger partial charge < -0.3 is 5.32 Å². The molecule has 1 aromatic heterocycles. The van der Waals surface area contributed by atoms with Crippen molar-refractivity contribution in [1.29, 1.82) is 0 Å². The van der Waals surface area contributed by atoms with Crippen molar-refractivity contribution in [1.82, 2.24) is 9.29 Å². The third kappa shape index (κ3) is 3.15. The first-order chi connectivity index (χ1) is 9.48. The van der Waals surface area contributed by atoms with Crippen LogP contribution in [0.1, 0.15) is 26.7 Å². The topological polar surface area (TPSA) is 62.3 Å². The highest BCUT2D eigenvalue weighted by molar-refractivity contribution is 9.10. The molecule has 1 aliphatic heterocycles. The third-order valence-corrected chi connectivity index (χ3v) is 5.92. The van der Waals surface area contributed by atoms with Crippen LogP contribution in [0.2, 0.25) is 0 Å². The van der Waals surface area contributed by atoms with Gasteiger partial charge in [0.15, 0.2) is 0 Å². The summed E-state index contributed by atoms with van der Waals surface area (Å²) < 4.78 is 27.8. The maximum atomic E-state index is 12.8. The van der Waals surface area contributed by atoms with Crippen molar-refractivity contribution in [2.24, 2.45) is 5.92 Å². The number of hydrogen-bond donors (Lipinski definition) is 1. The van der Waals surface area contributed by atoms with Gasteiger partial charge in [0.25, 0.3) is 0 Å². The molecule has 0 aromatic carbocycles. The highest BCUT2D eigenvalue weighted by Gasteiger charge is 2.33. The normalized spacial score (nSPS) is 20.2. The van der Waals surface area contributed by atoms with Gasteiger partial charge in [0.1, 0.15) is 10.7 Å². The van der Waals surface area contributed by atoms with E-state index in [2.05, 4.69) is 33.2 Å². The van der Waals surface area contributed by atoms with Crippen LogP contribution in [0.3, 0.4) is 0 Å². The van der Waals surface area contributed by atoms with E-state index in [4.69, 9.17) is 0 Å². The highest BCUT2D eigenvalue weighted by atomic mass is 79.9. The fraction of sp³-hybridized carbons (Fsp3) is 0.615. The summed E-state index contributed by atoms with van der Waals surface area (Å²) in [7, 11) is -3.48. The van der Waals surface area contributed by atoms with Gasteiger partial charge in [-0.3, -0.25) is 0 Å². The van der Waals surface area contributed by atoms with Gasteiger partial charge in [0.05, 0.1) is 0 Å². The Hall–Kier alpha value is -0.660. The van der Waals surface area contributed by atoms with E-state index in [1.54, 1.807) is 16.6 Å². The van der Waals surface area contributed by atoms with E-state index in [0.29, 0.717) is 35.8 Å². The van der Waals surface area contributed by atoms with Gasteiger partial charge in [-0.25, -0.2) is 13.4 Å². The van der Waals surface area contributed by atoms with Crippen LogP contribution in [0, 0.1) is 5.92 Å². The van der Waals surface area contributed by atoms with Gasteiger partial charge in [-0.1, -0.05) is 13.3 Å². The molecule has 1 saturated heterocycles. The van der Waals surface area contributed by atoms with E-state index in [0.717, 1.165) is 12.8 Å². The average Bonchev–Trinajstić information content (AvgIpc) is 2.90. The molecular weight excluding hydrogens is 342 g/mol. The number of anilines is 1. The Morgan fingerprint density at radius 1 is 1.50 bits per heavy atom. The van der Waals surface area contributed by atoms with Crippen LogP contribution in [0.5, 0.6) is 0 Å². The Morgan fingerprint density at radius 2 is 2.25 bits per heavy atom.